The highest BCUT2D eigenvalue weighted by Gasteiger charge is 2.11. The Balaban J connectivity index is 3.36. The quantitative estimate of drug-likeness (QED) is 0.347. The molecule has 0 radical (unpaired) electrons. The number of unbranched alkanes of at least 4 members (excludes halogenated alkanes) is 4. The first-order valence-electron chi connectivity index (χ1n) is 5.76. The molecule has 0 aliphatic carbocycles. The molecule has 0 fully saturated rings. The van der Waals surface area contributed by atoms with Crippen molar-refractivity contribution in [2.24, 2.45) is 0 Å². The Hall–Kier alpha value is -0.790. The molecule has 0 rings (SSSR count). The van der Waals surface area contributed by atoms with Crippen LogP contribution < -0.4 is 0 Å². The Kier molecular flexibility index (Phi) is 7.10. The predicted octanol–water partition coefficient (Wildman–Crippen LogP) is 3.85. The minimum atomic E-state index is -0.130. The van der Waals surface area contributed by atoms with E-state index < -0.39 is 0 Å². The first-order chi connectivity index (χ1) is 6.95. The Bertz CT molecular complexity index is 189. The number of rotatable bonds is 8. The molecule has 0 saturated heterocycles. The van der Waals surface area contributed by atoms with Crippen LogP contribution in [0.2, 0.25) is 0 Å². The molecule has 0 unspecified atom stereocenters. The van der Waals surface area contributed by atoms with Gasteiger partial charge in [0.2, 0.25) is 0 Å². The largest absolute Gasteiger partial charge is 0.493 e. The summed E-state index contributed by atoms with van der Waals surface area (Å²) < 4.78 is 5.61. The standard InChI is InChI=1S/C13H24O2/c1-12(15-13(2,3)4)10-8-6-5-7-9-11-14/h11H,1,5-10H2,2-4H3. The van der Waals surface area contributed by atoms with Crippen molar-refractivity contribution in [3.8, 4) is 0 Å². The van der Waals surface area contributed by atoms with Gasteiger partial charge < -0.3 is 9.53 Å². The highest BCUT2D eigenvalue weighted by molar-refractivity contribution is 5.48. The fourth-order valence-electron chi connectivity index (χ4n) is 1.39. The number of carbonyl (C=O) groups is 1. The number of carbonyl (C=O) groups excluding carboxylic acids is 1. The third-order valence-corrected chi connectivity index (χ3v) is 1.98. The van der Waals surface area contributed by atoms with Crippen LogP contribution in [0.1, 0.15) is 59.3 Å². The summed E-state index contributed by atoms with van der Waals surface area (Å²) in [4.78, 5) is 10.1. The summed E-state index contributed by atoms with van der Waals surface area (Å²) in [6.07, 6.45) is 7.01. The van der Waals surface area contributed by atoms with E-state index in [9.17, 15) is 4.79 Å². The zero-order chi connectivity index (χ0) is 11.7. The molecule has 0 heterocycles. The number of ether oxygens (including phenoxy) is 1. The maximum atomic E-state index is 10.1. The molecule has 0 aliphatic rings. The Labute approximate surface area is 93.7 Å². The molecule has 0 spiro atoms. The summed E-state index contributed by atoms with van der Waals surface area (Å²) in [6.45, 7) is 9.99. The smallest absolute Gasteiger partial charge is 0.119 e. The molecule has 15 heavy (non-hydrogen) atoms. The molecule has 0 saturated carbocycles. The van der Waals surface area contributed by atoms with E-state index in [0.717, 1.165) is 44.1 Å². The van der Waals surface area contributed by atoms with Gasteiger partial charge in [-0.05, 0) is 33.6 Å². The van der Waals surface area contributed by atoms with Crippen LogP contribution in [0.25, 0.3) is 0 Å². The van der Waals surface area contributed by atoms with Crippen LogP contribution in [-0.2, 0) is 9.53 Å². The average molecular weight is 212 g/mol. The summed E-state index contributed by atoms with van der Waals surface area (Å²) >= 11 is 0. The molecule has 0 aromatic rings. The normalized spacial score (nSPS) is 11.1. The molecule has 0 aromatic heterocycles. The second-order valence-corrected chi connectivity index (χ2v) is 4.87. The molecular formula is C13H24O2. The Morgan fingerprint density at radius 1 is 1.20 bits per heavy atom. The second kappa shape index (κ2) is 7.49. The van der Waals surface area contributed by atoms with Crippen LogP contribution >= 0.6 is 0 Å². The minimum absolute atomic E-state index is 0.130. The van der Waals surface area contributed by atoms with Gasteiger partial charge in [0.1, 0.15) is 11.9 Å². The maximum absolute atomic E-state index is 10.1. The van der Waals surface area contributed by atoms with Gasteiger partial charge in [0, 0.05) is 12.8 Å². The van der Waals surface area contributed by atoms with Gasteiger partial charge in [-0.15, -0.1) is 0 Å². The predicted molar refractivity (Wildman–Crippen MR) is 63.7 cm³/mol. The number of hydrogen-bond donors (Lipinski definition) is 0. The van der Waals surface area contributed by atoms with E-state index in [1.54, 1.807) is 0 Å². The summed E-state index contributed by atoms with van der Waals surface area (Å²) in [6, 6.07) is 0. The zero-order valence-corrected chi connectivity index (χ0v) is 10.3. The molecule has 0 N–H and O–H groups in total. The van der Waals surface area contributed by atoms with Gasteiger partial charge in [-0.1, -0.05) is 19.4 Å². The van der Waals surface area contributed by atoms with E-state index in [4.69, 9.17) is 4.74 Å². The van der Waals surface area contributed by atoms with Crippen LogP contribution in [-0.4, -0.2) is 11.9 Å². The lowest BCUT2D eigenvalue weighted by atomic mass is 10.1. The Morgan fingerprint density at radius 2 is 1.80 bits per heavy atom. The molecule has 2 nitrogen and oxygen atoms in total. The molecule has 2 heteroatoms. The van der Waals surface area contributed by atoms with Crippen molar-refractivity contribution in [3.05, 3.63) is 12.3 Å². The molecule has 0 aromatic carbocycles. The van der Waals surface area contributed by atoms with Crippen molar-refractivity contribution < 1.29 is 9.53 Å². The lowest BCUT2D eigenvalue weighted by Crippen LogP contribution is -2.18. The molecular weight excluding hydrogens is 188 g/mol. The van der Waals surface area contributed by atoms with E-state index in [-0.39, 0.29) is 5.60 Å². The van der Waals surface area contributed by atoms with Gasteiger partial charge in [-0.25, -0.2) is 0 Å². The number of allylic oxidation sites excluding steroid dienone is 1. The van der Waals surface area contributed by atoms with E-state index in [0.29, 0.717) is 6.42 Å². The van der Waals surface area contributed by atoms with E-state index >= 15 is 0 Å². The monoisotopic (exact) mass is 212 g/mol. The van der Waals surface area contributed by atoms with Gasteiger partial charge in [-0.2, -0.15) is 0 Å². The van der Waals surface area contributed by atoms with Crippen molar-refractivity contribution in [1.82, 2.24) is 0 Å². The van der Waals surface area contributed by atoms with Crippen LogP contribution in [0.15, 0.2) is 12.3 Å². The third kappa shape index (κ3) is 11.1. The van der Waals surface area contributed by atoms with E-state index in [1.165, 1.54) is 0 Å². The topological polar surface area (TPSA) is 26.3 Å². The van der Waals surface area contributed by atoms with Crippen molar-refractivity contribution in [2.75, 3.05) is 0 Å². The average Bonchev–Trinajstić information content (AvgIpc) is 2.08. The fraction of sp³-hybridized carbons (Fsp3) is 0.769. The van der Waals surface area contributed by atoms with Crippen molar-refractivity contribution >= 4 is 6.29 Å². The molecule has 88 valence electrons. The van der Waals surface area contributed by atoms with Gasteiger partial charge in [0.15, 0.2) is 0 Å². The zero-order valence-electron chi connectivity index (χ0n) is 10.3. The fourth-order valence-corrected chi connectivity index (χ4v) is 1.39. The lowest BCUT2D eigenvalue weighted by Gasteiger charge is -2.22. The van der Waals surface area contributed by atoms with Crippen LogP contribution in [0.5, 0.6) is 0 Å². The van der Waals surface area contributed by atoms with Gasteiger partial charge in [0.05, 0.1) is 5.76 Å². The summed E-state index contributed by atoms with van der Waals surface area (Å²) in [5.74, 6) is 0.873. The first kappa shape index (κ1) is 14.2. The number of hydrogen-bond acceptors (Lipinski definition) is 2. The summed E-state index contributed by atoms with van der Waals surface area (Å²) in [5, 5.41) is 0. The van der Waals surface area contributed by atoms with Crippen LogP contribution in [0, 0.1) is 0 Å². The highest BCUT2D eigenvalue weighted by Crippen LogP contribution is 2.17. The van der Waals surface area contributed by atoms with Gasteiger partial charge in [0.25, 0.3) is 0 Å². The molecule has 0 aliphatic heterocycles. The SMILES string of the molecule is C=C(CCCCCCC=O)OC(C)(C)C. The van der Waals surface area contributed by atoms with Crippen molar-refractivity contribution in [2.45, 2.75) is 64.9 Å². The van der Waals surface area contributed by atoms with Gasteiger partial charge in [-0.3, -0.25) is 0 Å². The van der Waals surface area contributed by atoms with Crippen LogP contribution in [0.4, 0.5) is 0 Å². The van der Waals surface area contributed by atoms with E-state index in [2.05, 4.69) is 6.58 Å². The lowest BCUT2D eigenvalue weighted by molar-refractivity contribution is -0.107. The second-order valence-electron chi connectivity index (χ2n) is 4.87. The highest BCUT2D eigenvalue weighted by atomic mass is 16.5. The maximum Gasteiger partial charge on any atom is 0.119 e. The Morgan fingerprint density at radius 3 is 2.33 bits per heavy atom. The summed E-state index contributed by atoms with van der Waals surface area (Å²) in [5.41, 5.74) is -0.130. The molecule has 0 amide bonds. The van der Waals surface area contributed by atoms with Crippen LogP contribution in [0.3, 0.4) is 0 Å². The molecule has 0 atom stereocenters. The van der Waals surface area contributed by atoms with Crippen molar-refractivity contribution in [3.63, 3.8) is 0 Å². The van der Waals surface area contributed by atoms with Crippen molar-refractivity contribution in [1.29, 1.82) is 0 Å². The van der Waals surface area contributed by atoms with E-state index in [1.807, 2.05) is 20.8 Å². The summed E-state index contributed by atoms with van der Waals surface area (Å²) in [7, 11) is 0. The minimum Gasteiger partial charge on any atom is -0.493 e. The third-order valence-electron chi connectivity index (χ3n) is 1.98. The first-order valence-corrected chi connectivity index (χ1v) is 5.76. The van der Waals surface area contributed by atoms with Gasteiger partial charge >= 0.3 is 0 Å². The molecule has 0 bridgehead atoms. The number of aldehydes is 1.